The monoisotopic (exact) mass is 358 g/mol. The zero-order valence-corrected chi connectivity index (χ0v) is 14.7. The van der Waals surface area contributed by atoms with Gasteiger partial charge in [-0.3, -0.25) is 9.59 Å². The smallest absolute Gasteiger partial charge is 0.254 e. The lowest BCUT2D eigenvalue weighted by atomic mass is 9.96. The third-order valence-electron chi connectivity index (χ3n) is 4.67. The van der Waals surface area contributed by atoms with Gasteiger partial charge in [0.15, 0.2) is 11.6 Å². The molecule has 0 unspecified atom stereocenters. The topological polar surface area (TPSA) is 40.6 Å². The van der Waals surface area contributed by atoms with Crippen molar-refractivity contribution in [2.24, 2.45) is 5.92 Å². The summed E-state index contributed by atoms with van der Waals surface area (Å²) in [6, 6.07) is 10.7. The summed E-state index contributed by atoms with van der Waals surface area (Å²) < 4.78 is 26.3. The molecule has 3 rings (SSSR count). The Morgan fingerprint density at radius 2 is 1.81 bits per heavy atom. The lowest BCUT2D eigenvalue weighted by molar-refractivity contribution is -0.126. The molecule has 6 heteroatoms. The Morgan fingerprint density at radius 3 is 2.42 bits per heavy atom. The number of anilines is 1. The van der Waals surface area contributed by atoms with Crippen LogP contribution in [0, 0.1) is 24.5 Å². The molecule has 136 valence electrons. The Hall–Kier alpha value is -2.76. The fraction of sp³-hybridized carbons (Fsp3) is 0.300. The van der Waals surface area contributed by atoms with Crippen LogP contribution in [-0.4, -0.2) is 36.3 Å². The molecule has 0 saturated carbocycles. The number of aryl methyl sites for hydroxylation is 1. The number of rotatable bonds is 4. The van der Waals surface area contributed by atoms with Gasteiger partial charge in [-0.1, -0.05) is 18.2 Å². The number of nitrogens with zero attached hydrogens (tertiary/aromatic N) is 2. The van der Waals surface area contributed by atoms with Crippen molar-refractivity contribution in [1.29, 1.82) is 0 Å². The molecule has 0 spiro atoms. The van der Waals surface area contributed by atoms with E-state index < -0.39 is 17.5 Å². The van der Waals surface area contributed by atoms with Gasteiger partial charge in [0.05, 0.1) is 5.92 Å². The molecule has 2 aromatic carbocycles. The molecule has 1 aliphatic heterocycles. The van der Waals surface area contributed by atoms with Crippen LogP contribution < -0.4 is 4.90 Å². The van der Waals surface area contributed by atoms with Crippen molar-refractivity contribution in [1.82, 2.24) is 4.90 Å². The zero-order chi connectivity index (χ0) is 18.8. The lowest BCUT2D eigenvalue weighted by Gasteiger charge is -2.40. The van der Waals surface area contributed by atoms with E-state index in [4.69, 9.17) is 0 Å². The number of likely N-dealkylation sites (tertiary alicyclic amines) is 1. The van der Waals surface area contributed by atoms with E-state index in [0.29, 0.717) is 6.54 Å². The van der Waals surface area contributed by atoms with Crippen molar-refractivity contribution < 1.29 is 18.4 Å². The molecule has 1 heterocycles. The fourth-order valence-electron chi connectivity index (χ4n) is 3.14. The molecule has 0 bridgehead atoms. The highest BCUT2D eigenvalue weighted by Crippen LogP contribution is 2.26. The van der Waals surface area contributed by atoms with Crippen molar-refractivity contribution in [3.8, 4) is 0 Å². The third kappa shape index (κ3) is 3.31. The Balaban J connectivity index is 1.66. The predicted molar refractivity (Wildman–Crippen MR) is 95.0 cm³/mol. The largest absolute Gasteiger partial charge is 0.337 e. The van der Waals surface area contributed by atoms with Gasteiger partial charge < -0.3 is 9.80 Å². The van der Waals surface area contributed by atoms with Gasteiger partial charge in [-0.25, -0.2) is 8.78 Å². The SMILES string of the molecule is CCN(C(=O)C1CN(C(=O)c2ccc(F)c(F)c2)C1)c1ccccc1C. The van der Waals surface area contributed by atoms with Crippen molar-refractivity contribution in [2.75, 3.05) is 24.5 Å². The maximum atomic E-state index is 13.3. The second kappa shape index (κ2) is 7.23. The Bertz CT molecular complexity index is 847. The second-order valence-electron chi connectivity index (χ2n) is 6.40. The first-order valence-corrected chi connectivity index (χ1v) is 8.53. The predicted octanol–water partition coefficient (Wildman–Crippen LogP) is 3.40. The van der Waals surface area contributed by atoms with Gasteiger partial charge in [-0.15, -0.1) is 0 Å². The first-order chi connectivity index (χ1) is 12.4. The van der Waals surface area contributed by atoms with Gasteiger partial charge >= 0.3 is 0 Å². The maximum absolute atomic E-state index is 13.3. The van der Waals surface area contributed by atoms with E-state index in [2.05, 4.69) is 0 Å². The minimum atomic E-state index is -1.05. The van der Waals surface area contributed by atoms with Crippen LogP contribution in [0.1, 0.15) is 22.8 Å². The number of benzene rings is 2. The summed E-state index contributed by atoms with van der Waals surface area (Å²) in [5.41, 5.74) is 1.96. The summed E-state index contributed by atoms with van der Waals surface area (Å²) in [6.07, 6.45) is 0. The highest BCUT2D eigenvalue weighted by molar-refractivity contribution is 6.00. The normalized spacial score (nSPS) is 14.1. The highest BCUT2D eigenvalue weighted by atomic mass is 19.2. The van der Waals surface area contributed by atoms with Gasteiger partial charge in [0, 0.05) is 30.9 Å². The van der Waals surface area contributed by atoms with Gasteiger partial charge in [0.1, 0.15) is 0 Å². The molecule has 1 fully saturated rings. The molecule has 26 heavy (non-hydrogen) atoms. The third-order valence-corrected chi connectivity index (χ3v) is 4.67. The molecular weight excluding hydrogens is 338 g/mol. The number of carbonyl (C=O) groups is 2. The number of hydrogen-bond donors (Lipinski definition) is 0. The average Bonchev–Trinajstić information content (AvgIpc) is 2.58. The quantitative estimate of drug-likeness (QED) is 0.841. The maximum Gasteiger partial charge on any atom is 0.254 e. The first kappa shape index (κ1) is 18.0. The average molecular weight is 358 g/mol. The van der Waals surface area contributed by atoms with Crippen molar-refractivity contribution in [2.45, 2.75) is 13.8 Å². The number of halogens is 2. The zero-order valence-electron chi connectivity index (χ0n) is 14.7. The summed E-state index contributed by atoms with van der Waals surface area (Å²) in [5.74, 6) is -2.76. The molecule has 0 atom stereocenters. The van der Waals surface area contributed by atoms with Gasteiger partial charge in [0.2, 0.25) is 5.91 Å². The van der Waals surface area contributed by atoms with Crippen molar-refractivity contribution in [3.63, 3.8) is 0 Å². The summed E-state index contributed by atoms with van der Waals surface area (Å²) in [6.45, 7) is 4.95. The molecule has 1 aliphatic rings. The summed E-state index contributed by atoms with van der Waals surface area (Å²) in [4.78, 5) is 28.3. The minimum Gasteiger partial charge on any atom is -0.337 e. The summed E-state index contributed by atoms with van der Waals surface area (Å²) >= 11 is 0. The molecule has 2 amide bonds. The van der Waals surface area contributed by atoms with E-state index in [1.165, 1.54) is 11.0 Å². The lowest BCUT2D eigenvalue weighted by Crippen LogP contribution is -2.56. The summed E-state index contributed by atoms with van der Waals surface area (Å²) in [5, 5.41) is 0. The van der Waals surface area contributed by atoms with Gasteiger partial charge in [-0.05, 0) is 43.7 Å². The standard InChI is InChI=1S/C20H20F2N2O2/c1-3-24(18-7-5-4-6-13(18)2)20(26)15-11-23(12-15)19(25)14-8-9-16(21)17(22)10-14/h4-10,15H,3,11-12H2,1-2H3. The van der Waals surface area contributed by atoms with Crippen LogP contribution in [0.3, 0.4) is 0 Å². The van der Waals surface area contributed by atoms with E-state index in [-0.39, 0.29) is 30.5 Å². The van der Waals surface area contributed by atoms with E-state index in [9.17, 15) is 18.4 Å². The van der Waals surface area contributed by atoms with Gasteiger partial charge in [0.25, 0.3) is 5.91 Å². The van der Waals surface area contributed by atoms with Crippen LogP contribution >= 0.6 is 0 Å². The molecule has 0 radical (unpaired) electrons. The number of para-hydroxylation sites is 1. The van der Waals surface area contributed by atoms with Crippen LogP contribution in [0.4, 0.5) is 14.5 Å². The fourth-order valence-corrected chi connectivity index (χ4v) is 3.14. The summed E-state index contributed by atoms with van der Waals surface area (Å²) in [7, 11) is 0. The van der Waals surface area contributed by atoms with Crippen LogP contribution in [0.25, 0.3) is 0 Å². The molecular formula is C20H20F2N2O2. The number of amides is 2. The van der Waals surface area contributed by atoms with E-state index in [1.54, 1.807) is 4.90 Å². The Morgan fingerprint density at radius 1 is 1.12 bits per heavy atom. The Labute approximate surface area is 151 Å². The molecule has 1 saturated heterocycles. The van der Waals surface area contributed by atoms with Crippen molar-refractivity contribution in [3.05, 3.63) is 65.2 Å². The Kier molecular flexibility index (Phi) is 5.02. The molecule has 0 N–H and O–H groups in total. The molecule has 0 aromatic heterocycles. The molecule has 0 aliphatic carbocycles. The number of hydrogen-bond acceptors (Lipinski definition) is 2. The first-order valence-electron chi connectivity index (χ1n) is 8.53. The van der Waals surface area contributed by atoms with E-state index >= 15 is 0 Å². The minimum absolute atomic E-state index is 0.0314. The highest BCUT2D eigenvalue weighted by Gasteiger charge is 2.38. The van der Waals surface area contributed by atoms with Crippen LogP contribution in [-0.2, 0) is 4.79 Å². The van der Waals surface area contributed by atoms with Crippen molar-refractivity contribution >= 4 is 17.5 Å². The molecule has 4 nitrogen and oxygen atoms in total. The van der Waals surface area contributed by atoms with Crippen LogP contribution in [0.2, 0.25) is 0 Å². The van der Waals surface area contributed by atoms with Gasteiger partial charge in [-0.2, -0.15) is 0 Å². The second-order valence-corrected chi connectivity index (χ2v) is 6.40. The van der Waals surface area contributed by atoms with E-state index in [0.717, 1.165) is 23.4 Å². The molecule has 2 aromatic rings. The van der Waals surface area contributed by atoms with Crippen LogP contribution in [0.15, 0.2) is 42.5 Å². The van der Waals surface area contributed by atoms with E-state index in [1.807, 2.05) is 38.1 Å². The van der Waals surface area contributed by atoms with Crippen LogP contribution in [0.5, 0.6) is 0 Å². The number of carbonyl (C=O) groups excluding carboxylic acids is 2.